The maximum Gasteiger partial charge on any atom is 0.357 e. The highest BCUT2D eigenvalue weighted by Crippen LogP contribution is 2.37. The van der Waals surface area contributed by atoms with Gasteiger partial charge >= 0.3 is 12.7 Å². The number of nitrogens with two attached hydrogens (primary N) is 1. The maximum absolute atomic E-state index is 9.48. The van der Waals surface area contributed by atoms with Crippen molar-refractivity contribution in [2.45, 2.75) is 71.2 Å². The number of fused-ring (bicyclic) bond motifs is 3. The van der Waals surface area contributed by atoms with Gasteiger partial charge in [0, 0.05) is 43.2 Å². The minimum atomic E-state index is -0.203. The zero-order chi connectivity index (χ0) is 39.8. The molecule has 14 nitrogen and oxygen atoms in total. The van der Waals surface area contributed by atoms with Gasteiger partial charge in [-0.1, -0.05) is 4.85 Å². The molecule has 9 rings (SSSR count). The molecule has 58 heavy (non-hydrogen) atoms. The van der Waals surface area contributed by atoms with Gasteiger partial charge in [0.15, 0.2) is 5.69 Å². The molecular weight excluding hydrogens is 729 g/mol. The predicted molar refractivity (Wildman–Crippen MR) is 217 cm³/mol. The number of aromatic nitrogens is 8. The average molecular weight is 771 g/mol. The number of nitrogens with zero attached hydrogens (tertiary/aromatic N) is 10. The molecule has 0 saturated heterocycles. The van der Waals surface area contributed by atoms with Crippen LogP contribution in [0.15, 0.2) is 79.8 Å². The second kappa shape index (κ2) is 15.4. The van der Waals surface area contributed by atoms with E-state index in [-0.39, 0.29) is 18.9 Å². The van der Waals surface area contributed by atoms with Crippen LogP contribution >= 0.6 is 0 Å². The molecule has 0 aliphatic heterocycles. The molecule has 0 radical (unpaired) electrons. The number of aryl methyl sites for hydroxylation is 1. The topological polar surface area (TPSA) is 166 Å². The summed E-state index contributed by atoms with van der Waals surface area (Å²) in [6, 6.07) is 17.3. The third kappa shape index (κ3) is 7.06. The van der Waals surface area contributed by atoms with Gasteiger partial charge in [0.25, 0.3) is 0 Å². The Hall–Kier alpha value is -7.16. The Morgan fingerprint density at radius 2 is 1.57 bits per heavy atom. The first-order chi connectivity index (χ1) is 28.3. The van der Waals surface area contributed by atoms with Crippen molar-refractivity contribution in [1.82, 2.24) is 39.3 Å². The first kappa shape index (κ1) is 36.5. The molecule has 2 atom stereocenters. The molecule has 14 heteroatoms. The average Bonchev–Trinajstić information content (AvgIpc) is 3.99. The van der Waals surface area contributed by atoms with Crippen molar-refractivity contribution in [1.29, 1.82) is 10.7 Å². The van der Waals surface area contributed by atoms with Crippen molar-refractivity contribution in [3.05, 3.63) is 135 Å². The summed E-state index contributed by atoms with van der Waals surface area (Å²) in [4.78, 5) is 14.1. The van der Waals surface area contributed by atoms with Crippen LogP contribution in [-0.2, 0) is 26.6 Å². The first-order valence-electron chi connectivity index (χ1n) is 19.5. The smallest absolute Gasteiger partial charge is 0.357 e. The number of hydrogen-bond donors (Lipinski definition) is 2. The normalized spacial score (nSPS) is 15.8. The zero-order valence-electron chi connectivity index (χ0n) is 32.6. The first-order valence-corrected chi connectivity index (χ1v) is 19.5. The minimum Gasteiger partial charge on any atom is -0.484 e. The van der Waals surface area contributed by atoms with Gasteiger partial charge in [0.1, 0.15) is 52.9 Å². The Morgan fingerprint density at radius 3 is 2.28 bits per heavy atom. The highest BCUT2D eigenvalue weighted by molar-refractivity contribution is 5.83. The summed E-state index contributed by atoms with van der Waals surface area (Å²) >= 11 is 0. The molecule has 2 aliphatic rings. The number of ether oxygens (including phenoxy) is 2. The van der Waals surface area contributed by atoms with E-state index >= 15 is 0 Å². The van der Waals surface area contributed by atoms with E-state index in [1.807, 2.05) is 85.2 Å². The standard InChI is InChI=1S/C44H41N12O2/c1-27-31(17-46)19-48-43-37(27)6-4-8-41(43)57-35-12-10-29(16-45)39(14-35)53-33-22-51-55(24-33)26-47-18-32-20-49-44-38(28(32)2)7-5-9-42(44)58-36-13-11-30-21-52-56(40(30)15-36)34-23-50-54(3)25-34/h10-16,19-25,41-42,45,53H,4-9,26H2,1-3H3/q+1/p+1/t41-,42+/m1/s1. The van der Waals surface area contributed by atoms with E-state index in [2.05, 4.69) is 44.2 Å². The molecule has 5 heterocycles. The van der Waals surface area contributed by atoms with Gasteiger partial charge < -0.3 is 14.9 Å². The molecule has 288 valence electrons. The van der Waals surface area contributed by atoms with Crippen molar-refractivity contribution in [3.63, 3.8) is 0 Å². The van der Waals surface area contributed by atoms with E-state index in [0.29, 0.717) is 11.3 Å². The molecule has 2 aliphatic carbocycles. The van der Waals surface area contributed by atoms with Crippen LogP contribution in [0.4, 0.5) is 11.4 Å². The molecule has 0 saturated carbocycles. The highest BCUT2D eigenvalue weighted by Gasteiger charge is 2.28. The van der Waals surface area contributed by atoms with Gasteiger partial charge in [0.2, 0.25) is 0 Å². The summed E-state index contributed by atoms with van der Waals surface area (Å²) < 4.78 is 18.5. The van der Waals surface area contributed by atoms with Crippen LogP contribution in [0, 0.1) is 36.7 Å². The quantitative estimate of drug-likeness (QED) is 0.117. The minimum absolute atomic E-state index is 0.163. The van der Waals surface area contributed by atoms with Crippen LogP contribution in [0.3, 0.4) is 0 Å². The fourth-order valence-electron chi connectivity index (χ4n) is 8.08. The van der Waals surface area contributed by atoms with Crippen molar-refractivity contribution >= 4 is 28.5 Å². The van der Waals surface area contributed by atoms with E-state index in [1.165, 1.54) is 11.8 Å². The summed E-state index contributed by atoms with van der Waals surface area (Å²) in [7, 11) is 1.89. The molecule has 2 aromatic carbocycles. The van der Waals surface area contributed by atoms with E-state index in [9.17, 15) is 5.26 Å². The van der Waals surface area contributed by atoms with Crippen LogP contribution < -0.4 is 14.8 Å². The number of pyridine rings is 2. The molecular formula is C44H42N12O2+2. The Balaban J connectivity index is 0.867. The van der Waals surface area contributed by atoms with Gasteiger partial charge in [-0.05, 0) is 98.9 Å². The number of nitrogens with one attached hydrogen (secondary N) is 1. The van der Waals surface area contributed by atoms with Crippen molar-refractivity contribution in [2.24, 2.45) is 7.05 Å². The lowest BCUT2D eigenvalue weighted by atomic mass is 9.89. The van der Waals surface area contributed by atoms with Gasteiger partial charge in [-0.15, -0.1) is 0 Å². The fourth-order valence-corrected chi connectivity index (χ4v) is 8.08. The Bertz CT molecular complexity index is 2810. The Kier molecular flexibility index (Phi) is 9.69. The summed E-state index contributed by atoms with van der Waals surface area (Å²) in [6.45, 7) is 4.38. The Morgan fingerprint density at radius 1 is 0.862 bits per heavy atom. The van der Waals surface area contributed by atoms with Crippen LogP contribution in [-0.4, -0.2) is 45.5 Å². The number of hydrogen-bond acceptors (Lipinski definition) is 9. The second-order valence-electron chi connectivity index (χ2n) is 14.9. The lowest BCUT2D eigenvalue weighted by Gasteiger charge is -2.26. The van der Waals surface area contributed by atoms with Crippen LogP contribution in [0.2, 0.25) is 0 Å². The Labute approximate surface area is 335 Å². The number of nitriles is 1. The van der Waals surface area contributed by atoms with Gasteiger partial charge in [-0.3, -0.25) is 20.0 Å². The maximum atomic E-state index is 9.48. The summed E-state index contributed by atoms with van der Waals surface area (Å²) in [5, 5.41) is 33.9. The fraction of sp³-hybridized carbons (Fsp3) is 0.273. The SMILES string of the molecule is Cc1c(C#[N+]Cn2cc([NH2+]c3cc(O[C@@H]4CCCc5c4ncc(C#N)c5C)ccc3C=N)cn2)cnc2c1CCC[C@@H]2Oc1ccc2cnn(-c3cnn(C)c3)c2c1. The van der Waals surface area contributed by atoms with E-state index in [4.69, 9.17) is 19.9 Å². The van der Waals surface area contributed by atoms with Crippen LogP contribution in [0.1, 0.15) is 88.2 Å². The van der Waals surface area contributed by atoms with Gasteiger partial charge in [-0.2, -0.15) is 25.2 Å². The van der Waals surface area contributed by atoms with Crippen LogP contribution in [0.25, 0.3) is 21.4 Å². The second-order valence-corrected chi connectivity index (χ2v) is 14.9. The highest BCUT2D eigenvalue weighted by atomic mass is 16.5. The monoisotopic (exact) mass is 770 g/mol. The third-order valence-corrected chi connectivity index (χ3v) is 11.2. The van der Waals surface area contributed by atoms with Crippen molar-refractivity contribution in [3.8, 4) is 29.3 Å². The van der Waals surface area contributed by atoms with Gasteiger partial charge in [-0.25, -0.2) is 4.68 Å². The predicted octanol–water partition coefficient (Wildman–Crippen LogP) is 7.01. The lowest BCUT2D eigenvalue weighted by molar-refractivity contribution is -0.478. The van der Waals surface area contributed by atoms with Gasteiger partial charge in [0.05, 0.1) is 52.8 Å². The van der Waals surface area contributed by atoms with Crippen molar-refractivity contribution in [2.75, 3.05) is 0 Å². The molecule has 0 spiro atoms. The number of rotatable bonds is 9. The lowest BCUT2D eigenvalue weighted by Crippen LogP contribution is -2.71. The number of quaternary nitrogens is 1. The summed E-state index contributed by atoms with van der Waals surface area (Å²) in [6.07, 6.45) is 19.2. The molecule has 0 unspecified atom stereocenters. The third-order valence-electron chi connectivity index (χ3n) is 11.2. The molecule has 0 bridgehead atoms. The number of benzene rings is 2. The molecule has 5 aromatic heterocycles. The van der Waals surface area contributed by atoms with Crippen LogP contribution in [0.5, 0.6) is 11.5 Å². The summed E-state index contributed by atoms with van der Waals surface area (Å²) in [5.41, 5.74) is 12.1. The van der Waals surface area contributed by atoms with E-state index < -0.39 is 0 Å². The molecule has 3 N–H and O–H groups in total. The molecule has 0 fully saturated rings. The van der Waals surface area contributed by atoms with E-state index in [1.54, 1.807) is 28.0 Å². The largest absolute Gasteiger partial charge is 0.484 e. The molecule has 7 aromatic rings. The zero-order valence-corrected chi connectivity index (χ0v) is 32.6. The summed E-state index contributed by atoms with van der Waals surface area (Å²) in [5.74, 6) is 1.47. The van der Waals surface area contributed by atoms with E-state index in [0.717, 1.165) is 111 Å². The van der Waals surface area contributed by atoms with Crippen molar-refractivity contribution < 1.29 is 14.8 Å². The molecule has 0 amide bonds.